The van der Waals surface area contributed by atoms with Gasteiger partial charge in [-0.15, -0.1) is 0 Å². The first-order valence-electron chi connectivity index (χ1n) is 6.39. The Morgan fingerprint density at radius 2 is 2.20 bits per heavy atom. The van der Waals surface area contributed by atoms with Crippen LogP contribution >= 0.6 is 11.6 Å². The fourth-order valence-electron chi connectivity index (χ4n) is 2.57. The SMILES string of the molecule is O=C(N[C@H]1CCS(=O)(=O)C1)[C@@H]1Cc2cc(Cl)ccc2O1. The Hall–Kier alpha value is -1.27. The molecule has 0 unspecified atom stereocenters. The Kier molecular flexibility index (Phi) is 3.38. The first-order chi connectivity index (χ1) is 9.43. The van der Waals surface area contributed by atoms with Crippen LogP contribution in [0.25, 0.3) is 0 Å². The van der Waals surface area contributed by atoms with Gasteiger partial charge in [0.1, 0.15) is 5.75 Å². The largest absolute Gasteiger partial charge is 0.480 e. The number of sulfone groups is 1. The number of nitrogens with one attached hydrogen (secondary N) is 1. The van der Waals surface area contributed by atoms with Crippen molar-refractivity contribution in [2.45, 2.75) is 25.0 Å². The van der Waals surface area contributed by atoms with E-state index in [1.165, 1.54) is 0 Å². The molecule has 3 rings (SSSR count). The zero-order chi connectivity index (χ0) is 14.3. The summed E-state index contributed by atoms with van der Waals surface area (Å²) in [6.45, 7) is 0. The molecule has 2 atom stereocenters. The van der Waals surface area contributed by atoms with Crippen LogP contribution in [0, 0.1) is 0 Å². The van der Waals surface area contributed by atoms with Crippen molar-refractivity contribution < 1.29 is 17.9 Å². The van der Waals surface area contributed by atoms with E-state index in [4.69, 9.17) is 16.3 Å². The number of ether oxygens (including phenoxy) is 1. The van der Waals surface area contributed by atoms with Crippen LogP contribution in [0.4, 0.5) is 0 Å². The van der Waals surface area contributed by atoms with Crippen LogP contribution in [0.3, 0.4) is 0 Å². The van der Waals surface area contributed by atoms with E-state index >= 15 is 0 Å². The average molecular weight is 316 g/mol. The molecule has 2 heterocycles. The van der Waals surface area contributed by atoms with E-state index in [0.29, 0.717) is 23.6 Å². The number of halogens is 1. The van der Waals surface area contributed by atoms with Gasteiger partial charge in [0, 0.05) is 17.5 Å². The van der Waals surface area contributed by atoms with E-state index < -0.39 is 15.9 Å². The quantitative estimate of drug-likeness (QED) is 0.882. The van der Waals surface area contributed by atoms with Crippen LogP contribution in [0.1, 0.15) is 12.0 Å². The molecule has 0 radical (unpaired) electrons. The van der Waals surface area contributed by atoms with Crippen molar-refractivity contribution in [3.8, 4) is 5.75 Å². The molecule has 0 saturated carbocycles. The number of hydrogen-bond acceptors (Lipinski definition) is 4. The van der Waals surface area contributed by atoms with Gasteiger partial charge in [-0.2, -0.15) is 0 Å². The number of hydrogen-bond donors (Lipinski definition) is 1. The third-order valence-corrected chi connectivity index (χ3v) is 5.57. The second kappa shape index (κ2) is 4.93. The number of carbonyl (C=O) groups is 1. The third-order valence-electron chi connectivity index (χ3n) is 3.57. The van der Waals surface area contributed by atoms with Crippen molar-refractivity contribution in [1.82, 2.24) is 5.32 Å². The van der Waals surface area contributed by atoms with E-state index in [2.05, 4.69) is 5.32 Å². The lowest BCUT2D eigenvalue weighted by Crippen LogP contribution is -2.43. The standard InChI is InChI=1S/C13H14ClNO4S/c14-9-1-2-11-8(5-9)6-12(19-11)13(16)15-10-3-4-20(17,18)7-10/h1-2,5,10,12H,3-4,6-7H2,(H,15,16)/t10-,12-/m0/s1. The molecule has 7 heteroatoms. The van der Waals surface area contributed by atoms with E-state index in [1.807, 2.05) is 0 Å². The summed E-state index contributed by atoms with van der Waals surface area (Å²) in [5.74, 6) is 0.553. The second-order valence-electron chi connectivity index (χ2n) is 5.17. The van der Waals surface area contributed by atoms with Gasteiger partial charge in [0.25, 0.3) is 5.91 Å². The second-order valence-corrected chi connectivity index (χ2v) is 7.84. The van der Waals surface area contributed by atoms with Crippen LogP contribution in [-0.4, -0.2) is 38.0 Å². The van der Waals surface area contributed by atoms with Crippen LogP contribution < -0.4 is 10.1 Å². The summed E-state index contributed by atoms with van der Waals surface area (Å²) in [5, 5.41) is 3.36. The lowest BCUT2D eigenvalue weighted by Gasteiger charge is -2.15. The van der Waals surface area contributed by atoms with Gasteiger partial charge >= 0.3 is 0 Å². The minimum Gasteiger partial charge on any atom is -0.480 e. The number of amides is 1. The van der Waals surface area contributed by atoms with Gasteiger partial charge in [-0.25, -0.2) is 8.42 Å². The van der Waals surface area contributed by atoms with Crippen molar-refractivity contribution in [3.05, 3.63) is 28.8 Å². The van der Waals surface area contributed by atoms with Crippen LogP contribution in [0.2, 0.25) is 5.02 Å². The van der Waals surface area contributed by atoms with Crippen molar-refractivity contribution in [3.63, 3.8) is 0 Å². The topological polar surface area (TPSA) is 72.5 Å². The zero-order valence-electron chi connectivity index (χ0n) is 10.6. The van der Waals surface area contributed by atoms with Crippen molar-refractivity contribution >= 4 is 27.3 Å². The van der Waals surface area contributed by atoms with Gasteiger partial charge in [0.15, 0.2) is 15.9 Å². The maximum atomic E-state index is 12.1. The molecule has 2 aliphatic rings. The predicted molar refractivity (Wildman–Crippen MR) is 74.8 cm³/mol. The van der Waals surface area contributed by atoms with Gasteiger partial charge < -0.3 is 10.1 Å². The fourth-order valence-corrected chi connectivity index (χ4v) is 4.43. The molecule has 0 aliphatic carbocycles. The Balaban J connectivity index is 1.63. The van der Waals surface area contributed by atoms with Gasteiger partial charge in [-0.05, 0) is 30.2 Å². The number of benzene rings is 1. The predicted octanol–water partition coefficient (Wildman–Crippen LogP) is 0.947. The molecule has 0 aromatic heterocycles. The molecule has 1 saturated heterocycles. The molecule has 1 fully saturated rings. The molecule has 5 nitrogen and oxygen atoms in total. The monoisotopic (exact) mass is 315 g/mol. The molecule has 20 heavy (non-hydrogen) atoms. The Bertz CT molecular complexity index is 658. The van der Waals surface area contributed by atoms with Gasteiger partial charge in [0.05, 0.1) is 11.5 Å². The molecule has 0 spiro atoms. The molecule has 0 bridgehead atoms. The molecule has 1 amide bonds. The Morgan fingerprint density at radius 3 is 2.90 bits per heavy atom. The fraction of sp³-hybridized carbons (Fsp3) is 0.462. The molecule has 2 aliphatic heterocycles. The normalized spacial score (nSPS) is 26.9. The highest BCUT2D eigenvalue weighted by molar-refractivity contribution is 7.91. The third kappa shape index (κ3) is 2.76. The van der Waals surface area contributed by atoms with E-state index in [9.17, 15) is 13.2 Å². The lowest BCUT2D eigenvalue weighted by atomic mass is 10.1. The molecular weight excluding hydrogens is 302 g/mol. The van der Waals surface area contributed by atoms with Gasteiger partial charge in [-0.1, -0.05) is 11.6 Å². The van der Waals surface area contributed by atoms with Gasteiger partial charge in [-0.3, -0.25) is 4.79 Å². The highest BCUT2D eigenvalue weighted by Crippen LogP contribution is 2.31. The molecule has 1 aromatic rings. The highest BCUT2D eigenvalue weighted by Gasteiger charge is 2.34. The summed E-state index contributed by atoms with van der Waals surface area (Å²) in [7, 11) is -3.00. The Labute approximate surface area is 122 Å². The first kappa shape index (κ1) is 13.7. The lowest BCUT2D eigenvalue weighted by molar-refractivity contribution is -0.127. The highest BCUT2D eigenvalue weighted by atomic mass is 35.5. The van der Waals surface area contributed by atoms with Crippen LogP contribution in [-0.2, 0) is 21.1 Å². The summed E-state index contributed by atoms with van der Waals surface area (Å²) < 4.78 is 28.3. The minimum absolute atomic E-state index is 0.0181. The minimum atomic E-state index is -3.00. The maximum absolute atomic E-state index is 12.1. The summed E-state index contributed by atoms with van der Waals surface area (Å²) >= 11 is 5.90. The Morgan fingerprint density at radius 1 is 1.40 bits per heavy atom. The molecular formula is C13H14ClNO4S. The van der Waals surface area contributed by atoms with E-state index in [-0.39, 0.29) is 23.5 Å². The van der Waals surface area contributed by atoms with E-state index in [0.717, 1.165) is 5.56 Å². The smallest absolute Gasteiger partial charge is 0.261 e. The number of fused-ring (bicyclic) bond motifs is 1. The molecule has 108 valence electrons. The molecule has 1 N–H and O–H groups in total. The number of carbonyl (C=O) groups excluding carboxylic acids is 1. The average Bonchev–Trinajstić information content (AvgIpc) is 2.92. The van der Waals surface area contributed by atoms with Gasteiger partial charge in [0.2, 0.25) is 0 Å². The first-order valence-corrected chi connectivity index (χ1v) is 8.59. The van der Waals surface area contributed by atoms with Crippen LogP contribution in [0.15, 0.2) is 18.2 Å². The van der Waals surface area contributed by atoms with Crippen molar-refractivity contribution in [2.24, 2.45) is 0 Å². The zero-order valence-corrected chi connectivity index (χ0v) is 12.2. The summed E-state index contributed by atoms with van der Waals surface area (Å²) in [4.78, 5) is 12.1. The summed E-state index contributed by atoms with van der Waals surface area (Å²) in [6.07, 6.45) is 0.326. The summed E-state index contributed by atoms with van der Waals surface area (Å²) in [5.41, 5.74) is 0.900. The van der Waals surface area contributed by atoms with Crippen LogP contribution in [0.5, 0.6) is 5.75 Å². The maximum Gasteiger partial charge on any atom is 0.261 e. The number of rotatable bonds is 2. The van der Waals surface area contributed by atoms with Crippen molar-refractivity contribution in [2.75, 3.05) is 11.5 Å². The molecule has 1 aromatic carbocycles. The van der Waals surface area contributed by atoms with Crippen molar-refractivity contribution in [1.29, 1.82) is 0 Å². The van der Waals surface area contributed by atoms with E-state index in [1.54, 1.807) is 18.2 Å². The summed E-state index contributed by atoms with van der Waals surface area (Å²) in [6, 6.07) is 4.93.